The summed E-state index contributed by atoms with van der Waals surface area (Å²) in [5.41, 5.74) is 1.86. The zero-order valence-electron chi connectivity index (χ0n) is 10.8. The Balaban J connectivity index is 2.36. The van der Waals surface area contributed by atoms with Crippen molar-refractivity contribution < 1.29 is 9.13 Å². The highest BCUT2D eigenvalue weighted by Crippen LogP contribution is 2.30. The molecule has 0 atom stereocenters. The van der Waals surface area contributed by atoms with Gasteiger partial charge in [-0.05, 0) is 43.8 Å². The Hall–Kier alpha value is -1.58. The minimum atomic E-state index is -0.388. The van der Waals surface area contributed by atoms with Crippen molar-refractivity contribution in [3.8, 4) is 11.5 Å². The number of hydrogen-bond acceptors (Lipinski definition) is 2. The summed E-state index contributed by atoms with van der Waals surface area (Å²) < 4.78 is 19.4. The standard InChI is InChI=1S/C15H15ClFNO/c1-10-3-6-13(17)15(7-10)19-14-8-12(16)5-4-11(14)9-18-2/h3-8,18H,9H2,1-2H3. The fourth-order valence-corrected chi connectivity index (χ4v) is 1.93. The van der Waals surface area contributed by atoms with Gasteiger partial charge in [-0.2, -0.15) is 0 Å². The van der Waals surface area contributed by atoms with E-state index in [0.717, 1.165) is 11.1 Å². The molecule has 0 aliphatic rings. The quantitative estimate of drug-likeness (QED) is 0.901. The van der Waals surface area contributed by atoms with Crippen molar-refractivity contribution in [1.29, 1.82) is 0 Å². The highest BCUT2D eigenvalue weighted by Gasteiger charge is 2.09. The number of nitrogens with one attached hydrogen (secondary N) is 1. The van der Waals surface area contributed by atoms with Crippen LogP contribution in [0, 0.1) is 12.7 Å². The molecule has 19 heavy (non-hydrogen) atoms. The molecule has 0 spiro atoms. The molecule has 0 aromatic heterocycles. The van der Waals surface area contributed by atoms with Crippen LogP contribution in [0.4, 0.5) is 4.39 Å². The first kappa shape index (κ1) is 13.8. The molecule has 0 fully saturated rings. The molecule has 0 unspecified atom stereocenters. The van der Waals surface area contributed by atoms with E-state index in [1.54, 1.807) is 24.3 Å². The Morgan fingerprint density at radius 2 is 1.95 bits per heavy atom. The SMILES string of the molecule is CNCc1ccc(Cl)cc1Oc1cc(C)ccc1F. The van der Waals surface area contributed by atoms with Gasteiger partial charge in [0.1, 0.15) is 5.75 Å². The van der Waals surface area contributed by atoms with E-state index in [4.69, 9.17) is 16.3 Å². The van der Waals surface area contributed by atoms with Gasteiger partial charge < -0.3 is 10.1 Å². The van der Waals surface area contributed by atoms with Gasteiger partial charge in [-0.1, -0.05) is 23.7 Å². The lowest BCUT2D eigenvalue weighted by atomic mass is 10.2. The highest BCUT2D eigenvalue weighted by molar-refractivity contribution is 6.30. The second-order valence-electron chi connectivity index (χ2n) is 4.32. The molecule has 0 radical (unpaired) electrons. The van der Waals surface area contributed by atoms with E-state index >= 15 is 0 Å². The highest BCUT2D eigenvalue weighted by atomic mass is 35.5. The summed E-state index contributed by atoms with van der Waals surface area (Å²) >= 11 is 5.96. The molecule has 0 saturated heterocycles. The van der Waals surface area contributed by atoms with E-state index in [1.165, 1.54) is 6.07 Å². The van der Waals surface area contributed by atoms with Crippen LogP contribution in [-0.4, -0.2) is 7.05 Å². The molecule has 4 heteroatoms. The molecule has 0 aliphatic carbocycles. The molecule has 1 N–H and O–H groups in total. The van der Waals surface area contributed by atoms with Gasteiger partial charge in [0.15, 0.2) is 11.6 Å². The molecule has 2 rings (SSSR count). The number of benzene rings is 2. The van der Waals surface area contributed by atoms with Gasteiger partial charge in [-0.25, -0.2) is 4.39 Å². The van der Waals surface area contributed by atoms with Crippen molar-refractivity contribution in [2.45, 2.75) is 13.5 Å². The second-order valence-corrected chi connectivity index (χ2v) is 4.75. The summed E-state index contributed by atoms with van der Waals surface area (Å²) in [4.78, 5) is 0. The lowest BCUT2D eigenvalue weighted by molar-refractivity contribution is 0.436. The average molecular weight is 280 g/mol. The largest absolute Gasteiger partial charge is 0.454 e. The molecule has 2 aromatic carbocycles. The first-order valence-electron chi connectivity index (χ1n) is 5.97. The normalized spacial score (nSPS) is 10.5. The van der Waals surface area contributed by atoms with Crippen LogP contribution < -0.4 is 10.1 Å². The molecule has 100 valence electrons. The third-order valence-corrected chi connectivity index (χ3v) is 2.94. The minimum absolute atomic E-state index is 0.208. The van der Waals surface area contributed by atoms with E-state index in [0.29, 0.717) is 17.3 Å². The van der Waals surface area contributed by atoms with Gasteiger partial charge in [0.25, 0.3) is 0 Å². The van der Waals surface area contributed by atoms with Crippen LogP contribution in [0.5, 0.6) is 11.5 Å². The zero-order chi connectivity index (χ0) is 13.8. The average Bonchev–Trinajstić information content (AvgIpc) is 2.37. The molecule has 0 amide bonds. The molecule has 2 aromatic rings. The van der Waals surface area contributed by atoms with Crippen LogP contribution in [0.1, 0.15) is 11.1 Å². The maximum absolute atomic E-state index is 13.7. The summed E-state index contributed by atoms with van der Waals surface area (Å²) in [5.74, 6) is 0.381. The van der Waals surface area contributed by atoms with E-state index in [2.05, 4.69) is 5.32 Å². The molecule has 0 aliphatic heterocycles. The summed E-state index contributed by atoms with van der Waals surface area (Å²) in [6.07, 6.45) is 0. The lowest BCUT2D eigenvalue weighted by Crippen LogP contribution is -2.06. The van der Waals surface area contributed by atoms with Gasteiger partial charge in [-0.15, -0.1) is 0 Å². The summed E-state index contributed by atoms with van der Waals surface area (Å²) in [6, 6.07) is 10.1. The maximum Gasteiger partial charge on any atom is 0.165 e. The topological polar surface area (TPSA) is 21.3 Å². The van der Waals surface area contributed by atoms with Crippen molar-refractivity contribution in [3.63, 3.8) is 0 Å². The van der Waals surface area contributed by atoms with Gasteiger partial charge in [0.05, 0.1) is 0 Å². The first-order chi connectivity index (χ1) is 9.10. The Morgan fingerprint density at radius 3 is 2.68 bits per heavy atom. The van der Waals surface area contributed by atoms with Crippen molar-refractivity contribution >= 4 is 11.6 Å². The predicted molar refractivity (Wildman–Crippen MR) is 75.4 cm³/mol. The smallest absolute Gasteiger partial charge is 0.165 e. The van der Waals surface area contributed by atoms with Crippen LogP contribution >= 0.6 is 11.6 Å². The summed E-state index contributed by atoms with van der Waals surface area (Å²) in [5, 5.41) is 3.60. The van der Waals surface area contributed by atoms with E-state index in [9.17, 15) is 4.39 Å². The molecule has 2 nitrogen and oxygen atoms in total. The number of rotatable bonds is 4. The molecular weight excluding hydrogens is 265 g/mol. The van der Waals surface area contributed by atoms with Gasteiger partial charge in [-0.3, -0.25) is 0 Å². The summed E-state index contributed by atoms with van der Waals surface area (Å²) in [7, 11) is 1.84. The van der Waals surface area contributed by atoms with E-state index < -0.39 is 0 Å². The Labute approximate surface area is 117 Å². The van der Waals surface area contributed by atoms with Gasteiger partial charge in [0, 0.05) is 17.1 Å². The van der Waals surface area contributed by atoms with Crippen molar-refractivity contribution in [2.24, 2.45) is 0 Å². The maximum atomic E-state index is 13.7. The molecular formula is C15H15ClFNO. The minimum Gasteiger partial charge on any atom is -0.454 e. The Morgan fingerprint density at radius 1 is 1.16 bits per heavy atom. The zero-order valence-corrected chi connectivity index (χ0v) is 11.6. The van der Waals surface area contributed by atoms with Gasteiger partial charge >= 0.3 is 0 Å². The second kappa shape index (κ2) is 6.04. The molecule has 0 saturated carbocycles. The fraction of sp³-hybridized carbons (Fsp3) is 0.200. The number of ether oxygens (including phenoxy) is 1. The fourth-order valence-electron chi connectivity index (χ4n) is 1.77. The van der Waals surface area contributed by atoms with Gasteiger partial charge in [0.2, 0.25) is 0 Å². The van der Waals surface area contributed by atoms with Crippen molar-refractivity contribution in [1.82, 2.24) is 5.32 Å². The molecule has 0 heterocycles. The van der Waals surface area contributed by atoms with E-state index in [1.807, 2.05) is 20.0 Å². The number of hydrogen-bond donors (Lipinski definition) is 1. The molecule has 0 bridgehead atoms. The van der Waals surface area contributed by atoms with Crippen LogP contribution in [0.3, 0.4) is 0 Å². The van der Waals surface area contributed by atoms with Crippen molar-refractivity contribution in [3.05, 3.63) is 58.4 Å². The van der Waals surface area contributed by atoms with Crippen LogP contribution in [-0.2, 0) is 6.54 Å². The van der Waals surface area contributed by atoms with Crippen molar-refractivity contribution in [2.75, 3.05) is 7.05 Å². The number of halogens is 2. The van der Waals surface area contributed by atoms with E-state index in [-0.39, 0.29) is 11.6 Å². The third-order valence-electron chi connectivity index (χ3n) is 2.70. The number of aryl methyl sites for hydroxylation is 1. The lowest BCUT2D eigenvalue weighted by Gasteiger charge is -2.12. The third kappa shape index (κ3) is 3.46. The Bertz CT molecular complexity index is 586. The van der Waals surface area contributed by atoms with Crippen LogP contribution in [0.15, 0.2) is 36.4 Å². The predicted octanol–water partition coefficient (Wildman–Crippen LogP) is 4.30. The van der Waals surface area contributed by atoms with Crippen LogP contribution in [0.25, 0.3) is 0 Å². The first-order valence-corrected chi connectivity index (χ1v) is 6.35. The monoisotopic (exact) mass is 279 g/mol. The summed E-state index contributed by atoms with van der Waals surface area (Å²) in [6.45, 7) is 2.51. The Kier molecular flexibility index (Phi) is 4.40. The van der Waals surface area contributed by atoms with Crippen LogP contribution in [0.2, 0.25) is 5.02 Å².